The Morgan fingerprint density at radius 1 is 1.25 bits per heavy atom. The van der Waals surface area contributed by atoms with E-state index in [2.05, 4.69) is 4.90 Å². The van der Waals surface area contributed by atoms with Crippen LogP contribution in [0.15, 0.2) is 12.1 Å². The number of hydrogen-bond acceptors (Lipinski definition) is 3. The monoisotopic (exact) mass is 280 g/mol. The van der Waals surface area contributed by atoms with Crippen LogP contribution in [-0.2, 0) is 0 Å². The topological polar surface area (TPSA) is 38.5 Å². The molecule has 0 aromatic heterocycles. The van der Waals surface area contributed by atoms with Gasteiger partial charge in [0.15, 0.2) is 11.6 Å². The van der Waals surface area contributed by atoms with Gasteiger partial charge in [0.25, 0.3) is 0 Å². The van der Waals surface area contributed by atoms with Crippen molar-refractivity contribution in [2.45, 2.75) is 58.1 Å². The van der Waals surface area contributed by atoms with E-state index < -0.39 is 5.82 Å². The van der Waals surface area contributed by atoms with Crippen LogP contribution < -0.4 is 15.4 Å². The lowest BCUT2D eigenvalue weighted by atomic mass is 9.94. The zero-order chi connectivity index (χ0) is 14.7. The van der Waals surface area contributed by atoms with Crippen molar-refractivity contribution in [3.8, 4) is 5.75 Å². The third-order valence-corrected chi connectivity index (χ3v) is 3.95. The lowest BCUT2D eigenvalue weighted by Gasteiger charge is -2.34. The molecule has 0 saturated heterocycles. The van der Waals surface area contributed by atoms with E-state index in [9.17, 15) is 4.39 Å². The molecule has 0 unspecified atom stereocenters. The Balaban J connectivity index is 2.25. The van der Waals surface area contributed by atoms with Gasteiger partial charge in [-0.3, -0.25) is 0 Å². The first-order valence-electron chi connectivity index (χ1n) is 7.47. The molecule has 1 saturated carbocycles. The van der Waals surface area contributed by atoms with Gasteiger partial charge in [-0.25, -0.2) is 4.39 Å². The summed E-state index contributed by atoms with van der Waals surface area (Å²) < 4.78 is 19.4. The molecule has 1 aromatic carbocycles. The lowest BCUT2D eigenvalue weighted by Crippen LogP contribution is -2.33. The second-order valence-electron chi connectivity index (χ2n) is 5.91. The Morgan fingerprint density at radius 2 is 1.90 bits per heavy atom. The molecule has 4 heteroatoms. The van der Waals surface area contributed by atoms with E-state index in [4.69, 9.17) is 10.5 Å². The van der Waals surface area contributed by atoms with E-state index >= 15 is 0 Å². The fourth-order valence-electron chi connectivity index (χ4n) is 2.87. The van der Waals surface area contributed by atoms with Crippen molar-refractivity contribution in [1.82, 2.24) is 0 Å². The maximum absolute atomic E-state index is 13.9. The van der Waals surface area contributed by atoms with Crippen molar-refractivity contribution in [3.63, 3.8) is 0 Å². The van der Waals surface area contributed by atoms with E-state index in [0.717, 1.165) is 5.69 Å². The zero-order valence-electron chi connectivity index (χ0n) is 12.7. The second-order valence-corrected chi connectivity index (χ2v) is 5.91. The number of ether oxygens (including phenoxy) is 1. The Labute approximate surface area is 120 Å². The van der Waals surface area contributed by atoms with Gasteiger partial charge in [0.2, 0.25) is 0 Å². The van der Waals surface area contributed by atoms with Crippen LogP contribution in [0.3, 0.4) is 0 Å². The van der Waals surface area contributed by atoms with Crippen molar-refractivity contribution < 1.29 is 9.13 Å². The lowest BCUT2D eigenvalue weighted by molar-refractivity contribution is 0.231. The van der Waals surface area contributed by atoms with E-state index in [1.54, 1.807) is 6.07 Å². The molecule has 0 spiro atoms. The Bertz CT molecular complexity index is 456. The van der Waals surface area contributed by atoms with Gasteiger partial charge in [0.05, 0.1) is 17.5 Å². The first-order valence-corrected chi connectivity index (χ1v) is 7.47. The van der Waals surface area contributed by atoms with Gasteiger partial charge < -0.3 is 15.4 Å². The summed E-state index contributed by atoms with van der Waals surface area (Å²) in [5.41, 5.74) is 7.34. The molecule has 0 atom stereocenters. The highest BCUT2D eigenvalue weighted by atomic mass is 19.1. The third-order valence-electron chi connectivity index (χ3n) is 3.95. The maximum atomic E-state index is 13.9. The summed E-state index contributed by atoms with van der Waals surface area (Å²) in [5.74, 6) is -0.108. The first-order chi connectivity index (χ1) is 9.49. The van der Waals surface area contributed by atoms with Gasteiger partial charge in [-0.15, -0.1) is 0 Å². The van der Waals surface area contributed by atoms with Crippen molar-refractivity contribution in [2.75, 3.05) is 17.7 Å². The number of hydrogen-bond donors (Lipinski definition) is 1. The van der Waals surface area contributed by atoms with Crippen LogP contribution in [0.2, 0.25) is 0 Å². The fraction of sp³-hybridized carbons (Fsp3) is 0.625. The molecule has 1 aliphatic carbocycles. The summed E-state index contributed by atoms with van der Waals surface area (Å²) in [4.78, 5) is 2.18. The Morgan fingerprint density at radius 3 is 2.50 bits per heavy atom. The number of anilines is 2. The number of benzene rings is 1. The Hall–Kier alpha value is -1.45. The predicted octanol–water partition coefficient (Wildman–Crippen LogP) is 3.96. The van der Waals surface area contributed by atoms with Crippen molar-refractivity contribution in [3.05, 3.63) is 17.9 Å². The van der Waals surface area contributed by atoms with Crippen molar-refractivity contribution in [1.29, 1.82) is 0 Å². The van der Waals surface area contributed by atoms with Gasteiger partial charge in [0, 0.05) is 25.2 Å². The molecular weight excluding hydrogens is 255 g/mol. The standard InChI is InChI=1S/C16H25FN2O/c1-11(2)20-16-10-15(14(18)9-13(16)17)19(3)12-7-5-4-6-8-12/h9-12H,4-8,18H2,1-3H3. The SMILES string of the molecule is CC(C)Oc1cc(N(C)C2CCCCC2)c(N)cc1F. The molecule has 0 heterocycles. The van der Waals surface area contributed by atoms with E-state index in [0.29, 0.717) is 11.7 Å². The summed E-state index contributed by atoms with van der Waals surface area (Å²) in [7, 11) is 2.04. The zero-order valence-corrected chi connectivity index (χ0v) is 12.7. The fourth-order valence-corrected chi connectivity index (χ4v) is 2.87. The summed E-state index contributed by atoms with van der Waals surface area (Å²) in [6.45, 7) is 3.78. The predicted molar refractivity (Wildman–Crippen MR) is 81.9 cm³/mol. The Kier molecular flexibility index (Phi) is 4.73. The molecule has 0 amide bonds. The first kappa shape index (κ1) is 14.9. The average molecular weight is 280 g/mol. The number of rotatable bonds is 4. The molecule has 1 aromatic rings. The normalized spacial score (nSPS) is 16.4. The van der Waals surface area contributed by atoms with E-state index in [1.807, 2.05) is 20.9 Å². The summed E-state index contributed by atoms with van der Waals surface area (Å²) in [6.07, 6.45) is 6.12. The minimum absolute atomic E-state index is 0.0547. The average Bonchev–Trinajstić information content (AvgIpc) is 2.41. The highest BCUT2D eigenvalue weighted by Gasteiger charge is 2.21. The molecule has 1 fully saturated rings. The molecule has 0 aliphatic heterocycles. The summed E-state index contributed by atoms with van der Waals surface area (Å²) in [5, 5.41) is 0. The summed E-state index contributed by atoms with van der Waals surface area (Å²) >= 11 is 0. The van der Waals surface area contributed by atoms with Crippen LogP contribution in [-0.4, -0.2) is 19.2 Å². The molecule has 20 heavy (non-hydrogen) atoms. The quantitative estimate of drug-likeness (QED) is 0.848. The highest BCUT2D eigenvalue weighted by molar-refractivity contribution is 5.70. The molecule has 1 aliphatic rings. The molecule has 3 nitrogen and oxygen atoms in total. The molecule has 112 valence electrons. The second kappa shape index (κ2) is 6.33. The minimum atomic E-state index is -0.392. The maximum Gasteiger partial charge on any atom is 0.167 e. The number of nitrogens with zero attached hydrogens (tertiary/aromatic N) is 1. The number of halogens is 1. The van der Waals surface area contributed by atoms with Crippen LogP contribution in [0.5, 0.6) is 5.75 Å². The largest absolute Gasteiger partial charge is 0.488 e. The summed E-state index contributed by atoms with van der Waals surface area (Å²) in [6, 6.07) is 3.59. The molecule has 2 rings (SSSR count). The van der Waals surface area contributed by atoms with Crippen LogP contribution >= 0.6 is 0 Å². The van der Waals surface area contributed by atoms with Gasteiger partial charge in [-0.05, 0) is 26.7 Å². The molecule has 0 bridgehead atoms. The van der Waals surface area contributed by atoms with Crippen LogP contribution in [0.1, 0.15) is 46.0 Å². The van der Waals surface area contributed by atoms with Crippen LogP contribution in [0, 0.1) is 5.82 Å². The van der Waals surface area contributed by atoms with E-state index in [1.165, 1.54) is 38.2 Å². The molecular formula is C16H25FN2O. The van der Waals surface area contributed by atoms with Gasteiger partial charge >= 0.3 is 0 Å². The third kappa shape index (κ3) is 3.35. The number of nitrogens with two attached hydrogens (primary N) is 1. The number of nitrogen functional groups attached to an aromatic ring is 1. The highest BCUT2D eigenvalue weighted by Crippen LogP contribution is 2.34. The molecule has 2 N–H and O–H groups in total. The van der Waals surface area contributed by atoms with E-state index in [-0.39, 0.29) is 11.9 Å². The molecule has 0 radical (unpaired) electrons. The van der Waals surface area contributed by atoms with Crippen molar-refractivity contribution >= 4 is 11.4 Å². The van der Waals surface area contributed by atoms with Crippen LogP contribution in [0.25, 0.3) is 0 Å². The van der Waals surface area contributed by atoms with Gasteiger partial charge in [-0.1, -0.05) is 19.3 Å². The van der Waals surface area contributed by atoms with Crippen LogP contribution in [0.4, 0.5) is 15.8 Å². The smallest absolute Gasteiger partial charge is 0.167 e. The van der Waals surface area contributed by atoms with Gasteiger partial charge in [-0.2, -0.15) is 0 Å². The minimum Gasteiger partial charge on any atom is -0.488 e. The van der Waals surface area contributed by atoms with Crippen molar-refractivity contribution in [2.24, 2.45) is 0 Å². The van der Waals surface area contributed by atoms with Gasteiger partial charge in [0.1, 0.15) is 0 Å².